The van der Waals surface area contributed by atoms with Gasteiger partial charge in [-0.1, -0.05) is 18.2 Å². The largest absolute Gasteiger partial charge is 0.378 e. The van der Waals surface area contributed by atoms with E-state index in [9.17, 15) is 4.39 Å². The zero-order valence-electron chi connectivity index (χ0n) is 44.9. The molecule has 31 heteroatoms. The number of amidine groups is 1. The van der Waals surface area contributed by atoms with Crippen LogP contribution in [0.3, 0.4) is 0 Å². The molecule has 1 aromatic heterocycles. The van der Waals surface area contributed by atoms with Gasteiger partial charge in [0, 0.05) is 52.2 Å². The molecule has 6 aromatic rings. The highest BCUT2D eigenvalue weighted by Crippen LogP contribution is 2.61. The number of benzene rings is 5. The summed E-state index contributed by atoms with van der Waals surface area (Å²) in [4.78, 5) is 16.6. The van der Waals surface area contributed by atoms with Crippen LogP contribution < -0.4 is 10.7 Å². The van der Waals surface area contributed by atoms with Crippen molar-refractivity contribution in [3.63, 3.8) is 0 Å². The zero-order valence-corrected chi connectivity index (χ0v) is 44.9. The minimum atomic E-state index is -2.95. The van der Waals surface area contributed by atoms with Gasteiger partial charge in [0.2, 0.25) is 29.1 Å². The van der Waals surface area contributed by atoms with Crippen molar-refractivity contribution in [2.24, 2.45) is 20.9 Å². The predicted molar refractivity (Wildman–Crippen MR) is 273 cm³/mol. The summed E-state index contributed by atoms with van der Waals surface area (Å²) in [7, 11) is 0. The lowest BCUT2D eigenvalue weighted by atomic mass is 9.73. The molecule has 6 nitrogen and oxygen atoms in total. The van der Waals surface area contributed by atoms with Crippen molar-refractivity contribution < 1.29 is 110 Å². The summed E-state index contributed by atoms with van der Waals surface area (Å²) in [6, 6.07) is -1.70. The van der Waals surface area contributed by atoms with Gasteiger partial charge in [-0.2, -0.15) is 0 Å². The van der Waals surface area contributed by atoms with Gasteiger partial charge in [0.1, 0.15) is 11.9 Å². The molecule has 7 aliphatic heterocycles. The van der Waals surface area contributed by atoms with E-state index in [0.29, 0.717) is 41.3 Å². The van der Waals surface area contributed by atoms with Gasteiger partial charge in [-0.3, -0.25) is 0 Å². The first-order chi connectivity index (χ1) is 43.5. The van der Waals surface area contributed by atoms with E-state index in [1.165, 1.54) is 18.7 Å². The summed E-state index contributed by atoms with van der Waals surface area (Å²) in [6.45, 7) is 3.08. The number of hydrogen-bond donors (Lipinski definition) is 1. The molecule has 9 aliphatic rings. The molecule has 2 unspecified atom stereocenters. The van der Waals surface area contributed by atoms with Gasteiger partial charge in [0.25, 0.3) is 0 Å². The van der Waals surface area contributed by atoms with Crippen LogP contribution >= 0.6 is 0 Å². The summed E-state index contributed by atoms with van der Waals surface area (Å²) in [5.74, 6) is -74.8. The fraction of sp³-hybridized carbons (Fsp3) is 0.0984. The maximum absolute atomic E-state index is 17.2. The molecule has 5 aromatic carbocycles. The second-order valence-electron chi connectivity index (χ2n) is 20.5. The Bertz CT molecular complexity index is 4940. The van der Waals surface area contributed by atoms with Crippen molar-refractivity contribution in [2.45, 2.75) is 19.9 Å². The Balaban J connectivity index is 1.35. The lowest BCUT2D eigenvalue weighted by Gasteiger charge is -2.55. The van der Waals surface area contributed by atoms with Gasteiger partial charge in [0.15, 0.2) is 116 Å². The molecule has 15 rings (SSSR count). The Morgan fingerprint density at radius 1 is 0.391 bits per heavy atom. The number of fused-ring (bicyclic) bond motifs is 5. The first-order valence-electron chi connectivity index (χ1n) is 26.1. The average Bonchev–Trinajstić information content (AvgIpc) is 1.04. The zero-order chi connectivity index (χ0) is 66.3. The van der Waals surface area contributed by atoms with Crippen LogP contribution in [0.5, 0.6) is 0 Å². The fourth-order valence-corrected chi connectivity index (χ4v) is 11.9. The van der Waals surface area contributed by atoms with Crippen LogP contribution in [-0.2, 0) is 0 Å². The fourth-order valence-electron chi connectivity index (χ4n) is 11.9. The van der Waals surface area contributed by atoms with Gasteiger partial charge < -0.3 is 14.8 Å². The molecular formula is C61H21F25N6. The SMILES string of the molecule is CCN(/C=C\C1C2=C(c3c(F)c(F)c(F)c(F)c3F)C3=C4C5=C(N=C6C(c7c(F)c(F)c(F)c(F)c7F)=C7C=CC(=N7)C(c7c(F)c(F)c(F)c(F)c7F)=c7ccc([nH]7)=C(c7c(F)c(F)c(F)c(F)c7F)C(=N3)N5C64)C(c3c(F)c(F)c(F)c(F)c3F)=C1C=C2)CC. The van der Waals surface area contributed by atoms with E-state index in [-0.39, 0.29) is 13.1 Å². The van der Waals surface area contributed by atoms with E-state index in [4.69, 9.17) is 0 Å². The second kappa shape index (κ2) is 21.0. The first kappa shape index (κ1) is 60.8. The number of hydrogen-bond acceptors (Lipinski definition) is 5. The lowest BCUT2D eigenvalue weighted by molar-refractivity contribution is 0.373. The number of allylic oxidation sites excluding steroid dienone is 9. The Labute approximate surface area is 494 Å². The maximum Gasteiger partial charge on any atom is 0.200 e. The lowest BCUT2D eigenvalue weighted by Crippen LogP contribution is -2.61. The van der Waals surface area contributed by atoms with Gasteiger partial charge in [-0.25, -0.2) is 125 Å². The Morgan fingerprint density at radius 2 is 0.739 bits per heavy atom. The molecule has 8 heterocycles. The molecule has 2 atom stereocenters. The number of nitrogens with zero attached hydrogens (tertiary/aromatic N) is 5. The van der Waals surface area contributed by atoms with E-state index in [1.54, 1.807) is 0 Å². The van der Waals surface area contributed by atoms with E-state index in [0.717, 1.165) is 12.3 Å². The Kier molecular flexibility index (Phi) is 13.9. The van der Waals surface area contributed by atoms with E-state index >= 15 is 105 Å². The summed E-state index contributed by atoms with van der Waals surface area (Å²) in [6.07, 6.45) is 4.37. The molecule has 92 heavy (non-hydrogen) atoms. The van der Waals surface area contributed by atoms with Crippen molar-refractivity contribution in [2.75, 3.05) is 13.1 Å². The summed E-state index contributed by atoms with van der Waals surface area (Å²) >= 11 is 0. The molecule has 1 fully saturated rings. The monoisotopic (exact) mass is 1310 g/mol. The number of aromatic amines is 1. The molecule has 1 N–H and O–H groups in total. The van der Waals surface area contributed by atoms with Crippen LogP contribution in [0.2, 0.25) is 0 Å². The highest BCUT2D eigenvalue weighted by atomic mass is 19.2. The van der Waals surface area contributed by atoms with Crippen molar-refractivity contribution in [1.29, 1.82) is 0 Å². The minimum Gasteiger partial charge on any atom is -0.378 e. The third kappa shape index (κ3) is 7.96. The van der Waals surface area contributed by atoms with Gasteiger partial charge in [-0.05, 0) is 55.5 Å². The molecule has 0 spiro atoms. The quantitative estimate of drug-likeness (QED) is 0.0891. The second-order valence-corrected chi connectivity index (χ2v) is 20.5. The van der Waals surface area contributed by atoms with Crippen molar-refractivity contribution in [3.05, 3.63) is 272 Å². The molecule has 0 radical (unpaired) electrons. The molecular weight excluding hydrogens is 1290 g/mol. The van der Waals surface area contributed by atoms with Crippen LogP contribution in [-0.4, -0.2) is 51.2 Å². The number of rotatable bonds is 9. The Hall–Kier alpha value is -10.1. The number of halogens is 25. The smallest absolute Gasteiger partial charge is 0.200 e. The summed E-state index contributed by atoms with van der Waals surface area (Å²) in [5.41, 5.74) is -29.7. The summed E-state index contributed by atoms with van der Waals surface area (Å²) in [5, 5.41) is -2.39. The number of aromatic nitrogens is 1. The minimum absolute atomic E-state index is 0.0220. The van der Waals surface area contributed by atoms with Gasteiger partial charge in [0.05, 0.1) is 73.0 Å². The van der Waals surface area contributed by atoms with Crippen LogP contribution in [0.1, 0.15) is 41.7 Å². The number of aliphatic imine (C=N–C) groups is 3. The van der Waals surface area contributed by atoms with Crippen molar-refractivity contribution >= 4 is 45.1 Å². The van der Waals surface area contributed by atoms with Crippen LogP contribution in [0, 0.1) is 151 Å². The highest BCUT2D eigenvalue weighted by molar-refractivity contribution is 6.38. The average molecular weight is 1310 g/mol. The van der Waals surface area contributed by atoms with Crippen LogP contribution in [0.25, 0.3) is 27.9 Å². The molecule has 2 aliphatic carbocycles. The molecule has 0 amide bonds. The standard InChI is InChI=1S/C61H21F25N6/c1-3-91(4-2)12-11-13-14-5-6-15(13)21(26-33(64)43(74)52(83)44(75)34(26)65)57-59-30-56(20(14)25-31(62)41(72)51(82)42(73)32(25)63)90-61-24(29-39(70)49(80)55(86)50(81)40(29)71)19-10-8-17(88-19)22(27-35(66)45(76)53(84)46(77)36(27)67)16-7-9-18(87-16)23(58(89-57)60(30)92(59)61)28-37(68)47(78)54(85)48(79)38(28)69/h5-13,60,88H,3-4H2,1-2H3/b12-11-,20-14?,21-15?,22-16?,22-17?,23-18?,24-19?,56-20?,57-21?,58-23?,61-24?. The normalized spacial score (nSPS) is 18.0. The van der Waals surface area contributed by atoms with Gasteiger partial charge in [-0.15, -0.1) is 0 Å². The molecule has 14 bridgehead atoms. The van der Waals surface area contributed by atoms with Crippen LogP contribution in [0.4, 0.5) is 110 Å². The van der Waals surface area contributed by atoms with Crippen LogP contribution in [0.15, 0.2) is 103 Å². The van der Waals surface area contributed by atoms with Gasteiger partial charge >= 0.3 is 0 Å². The highest BCUT2D eigenvalue weighted by Gasteiger charge is 2.59. The van der Waals surface area contributed by atoms with Crippen molar-refractivity contribution in [1.82, 2.24) is 14.8 Å². The third-order valence-electron chi connectivity index (χ3n) is 16.1. The van der Waals surface area contributed by atoms with E-state index < -0.39 is 281 Å². The molecule has 470 valence electrons. The predicted octanol–water partition coefficient (Wildman–Crippen LogP) is 14.3. The topological polar surface area (TPSA) is 59.4 Å². The first-order valence-corrected chi connectivity index (χ1v) is 26.1. The summed E-state index contributed by atoms with van der Waals surface area (Å²) < 4.78 is 404. The maximum atomic E-state index is 17.2. The van der Waals surface area contributed by atoms with Crippen molar-refractivity contribution in [3.8, 4) is 0 Å². The third-order valence-corrected chi connectivity index (χ3v) is 16.1. The number of nitrogens with one attached hydrogen (secondary N) is 1. The van der Waals surface area contributed by atoms with E-state index in [1.807, 2.05) is 0 Å². The van der Waals surface area contributed by atoms with E-state index in [2.05, 4.69) is 20.0 Å². The number of H-pyrrole nitrogens is 1. The Morgan fingerprint density at radius 3 is 1.14 bits per heavy atom. The molecule has 1 saturated heterocycles. The molecule has 0 saturated carbocycles.